The molecule has 0 aliphatic heterocycles. The fourth-order valence-corrected chi connectivity index (χ4v) is 2.18. The lowest BCUT2D eigenvalue weighted by molar-refractivity contribution is 0.406. The molecule has 14 heavy (non-hydrogen) atoms. The second kappa shape index (κ2) is 3.93. The fourth-order valence-electron chi connectivity index (χ4n) is 1.46. The van der Waals surface area contributed by atoms with Crippen molar-refractivity contribution in [2.24, 2.45) is 0 Å². The fraction of sp³-hybridized carbons (Fsp3) is 0.167. The highest BCUT2D eigenvalue weighted by atomic mass is 32.1. The molecule has 0 saturated heterocycles. The highest BCUT2D eigenvalue weighted by molar-refractivity contribution is 7.10. The summed E-state index contributed by atoms with van der Waals surface area (Å²) in [5.41, 5.74) is 1.78. The molecule has 2 heteroatoms. The molecular formula is C12H11FS. The zero-order chi connectivity index (χ0) is 9.97. The Kier molecular flexibility index (Phi) is 2.64. The first kappa shape index (κ1) is 9.41. The van der Waals surface area contributed by atoms with E-state index in [1.807, 2.05) is 48.7 Å². The molecule has 0 spiro atoms. The van der Waals surface area contributed by atoms with Crippen molar-refractivity contribution in [3.63, 3.8) is 0 Å². The Morgan fingerprint density at radius 3 is 2.57 bits per heavy atom. The molecule has 1 aromatic heterocycles. The summed E-state index contributed by atoms with van der Waals surface area (Å²) in [6.07, 6.45) is -0.976. The SMILES string of the molecule is Cc1ccccc1C(F)c1cccs1. The Bertz CT molecular complexity index is 406. The van der Waals surface area contributed by atoms with Gasteiger partial charge >= 0.3 is 0 Å². The monoisotopic (exact) mass is 206 g/mol. The van der Waals surface area contributed by atoms with E-state index in [1.54, 1.807) is 0 Å². The van der Waals surface area contributed by atoms with Crippen molar-refractivity contribution in [1.29, 1.82) is 0 Å². The van der Waals surface area contributed by atoms with Crippen molar-refractivity contribution >= 4 is 11.3 Å². The van der Waals surface area contributed by atoms with Crippen LogP contribution in [-0.2, 0) is 0 Å². The van der Waals surface area contributed by atoms with Gasteiger partial charge in [0.25, 0.3) is 0 Å². The van der Waals surface area contributed by atoms with Crippen LogP contribution in [0.3, 0.4) is 0 Å². The van der Waals surface area contributed by atoms with Gasteiger partial charge in [-0.25, -0.2) is 4.39 Å². The topological polar surface area (TPSA) is 0 Å². The summed E-state index contributed by atoms with van der Waals surface area (Å²) in [6.45, 7) is 1.94. The van der Waals surface area contributed by atoms with Gasteiger partial charge in [0.15, 0.2) is 6.17 Å². The molecule has 0 N–H and O–H groups in total. The molecule has 2 rings (SSSR count). The predicted molar refractivity (Wildman–Crippen MR) is 58.4 cm³/mol. The summed E-state index contributed by atoms with van der Waals surface area (Å²) >= 11 is 1.46. The summed E-state index contributed by atoms with van der Waals surface area (Å²) in [5, 5.41) is 1.90. The standard InChI is InChI=1S/C12H11FS/c1-9-5-2-3-6-10(9)12(13)11-7-4-8-14-11/h2-8,12H,1H3. The Balaban J connectivity index is 2.37. The van der Waals surface area contributed by atoms with E-state index < -0.39 is 6.17 Å². The van der Waals surface area contributed by atoms with Gasteiger partial charge in [-0.15, -0.1) is 11.3 Å². The second-order valence-electron chi connectivity index (χ2n) is 3.23. The van der Waals surface area contributed by atoms with Crippen LogP contribution in [0.15, 0.2) is 41.8 Å². The summed E-state index contributed by atoms with van der Waals surface area (Å²) in [6, 6.07) is 11.3. The maximum absolute atomic E-state index is 14.0. The number of hydrogen-bond donors (Lipinski definition) is 0. The Morgan fingerprint density at radius 1 is 1.14 bits per heavy atom. The van der Waals surface area contributed by atoms with Gasteiger partial charge < -0.3 is 0 Å². The number of halogens is 1. The van der Waals surface area contributed by atoms with Crippen LogP contribution in [-0.4, -0.2) is 0 Å². The quantitative estimate of drug-likeness (QED) is 0.693. The molecule has 0 bridgehead atoms. The summed E-state index contributed by atoms with van der Waals surface area (Å²) in [7, 11) is 0. The molecule has 2 aromatic rings. The lowest BCUT2D eigenvalue weighted by Crippen LogP contribution is -1.94. The maximum Gasteiger partial charge on any atom is 0.160 e. The molecule has 0 amide bonds. The molecule has 1 atom stereocenters. The van der Waals surface area contributed by atoms with E-state index in [0.29, 0.717) is 0 Å². The van der Waals surface area contributed by atoms with E-state index in [4.69, 9.17) is 0 Å². The van der Waals surface area contributed by atoms with Crippen LogP contribution in [0.2, 0.25) is 0 Å². The lowest BCUT2D eigenvalue weighted by atomic mass is 10.0. The third-order valence-corrected chi connectivity index (χ3v) is 3.16. The Hall–Kier alpha value is -1.15. The second-order valence-corrected chi connectivity index (χ2v) is 4.21. The average Bonchev–Trinajstić information content (AvgIpc) is 2.70. The van der Waals surface area contributed by atoms with Crippen LogP contribution in [0.5, 0.6) is 0 Å². The van der Waals surface area contributed by atoms with Gasteiger partial charge in [-0.2, -0.15) is 0 Å². The molecule has 0 aliphatic rings. The highest BCUT2D eigenvalue weighted by Crippen LogP contribution is 2.30. The number of alkyl halides is 1. The zero-order valence-electron chi connectivity index (χ0n) is 7.91. The van der Waals surface area contributed by atoms with Crippen LogP contribution >= 0.6 is 11.3 Å². The van der Waals surface area contributed by atoms with Crippen molar-refractivity contribution in [2.75, 3.05) is 0 Å². The van der Waals surface area contributed by atoms with E-state index in [-0.39, 0.29) is 0 Å². The van der Waals surface area contributed by atoms with Gasteiger partial charge in [0.05, 0.1) is 0 Å². The van der Waals surface area contributed by atoms with Crippen LogP contribution in [0.25, 0.3) is 0 Å². The maximum atomic E-state index is 14.0. The highest BCUT2D eigenvalue weighted by Gasteiger charge is 2.14. The first-order chi connectivity index (χ1) is 6.79. The summed E-state index contributed by atoms with van der Waals surface area (Å²) in [4.78, 5) is 0.777. The molecule has 0 aliphatic carbocycles. The average molecular weight is 206 g/mol. The van der Waals surface area contributed by atoms with Crippen molar-refractivity contribution in [1.82, 2.24) is 0 Å². The largest absolute Gasteiger partial charge is 0.236 e. The zero-order valence-corrected chi connectivity index (χ0v) is 8.72. The number of hydrogen-bond acceptors (Lipinski definition) is 1. The van der Waals surface area contributed by atoms with Crippen LogP contribution in [0, 0.1) is 6.92 Å². The third-order valence-electron chi connectivity index (χ3n) is 2.25. The van der Waals surface area contributed by atoms with Crippen LogP contribution < -0.4 is 0 Å². The lowest BCUT2D eigenvalue weighted by Gasteiger charge is -2.08. The first-order valence-electron chi connectivity index (χ1n) is 4.52. The van der Waals surface area contributed by atoms with Crippen LogP contribution in [0.4, 0.5) is 4.39 Å². The minimum atomic E-state index is -0.976. The van der Waals surface area contributed by atoms with E-state index in [2.05, 4.69) is 0 Å². The van der Waals surface area contributed by atoms with Crippen molar-refractivity contribution in [2.45, 2.75) is 13.1 Å². The van der Waals surface area contributed by atoms with Gasteiger partial charge in [0.2, 0.25) is 0 Å². The number of benzene rings is 1. The minimum Gasteiger partial charge on any atom is -0.236 e. The third kappa shape index (κ3) is 1.70. The van der Waals surface area contributed by atoms with E-state index >= 15 is 0 Å². The molecule has 0 radical (unpaired) electrons. The first-order valence-corrected chi connectivity index (χ1v) is 5.40. The van der Waals surface area contributed by atoms with Gasteiger partial charge in [0.1, 0.15) is 0 Å². The van der Waals surface area contributed by atoms with Gasteiger partial charge in [-0.05, 0) is 29.5 Å². The van der Waals surface area contributed by atoms with Gasteiger partial charge in [-0.3, -0.25) is 0 Å². The number of aryl methyl sites for hydroxylation is 1. The smallest absolute Gasteiger partial charge is 0.160 e. The Morgan fingerprint density at radius 2 is 1.93 bits per heavy atom. The molecular weight excluding hydrogens is 195 g/mol. The summed E-state index contributed by atoms with van der Waals surface area (Å²) in [5.74, 6) is 0. The van der Waals surface area contributed by atoms with E-state index in [0.717, 1.165) is 16.0 Å². The molecule has 0 fully saturated rings. The van der Waals surface area contributed by atoms with Crippen molar-refractivity contribution in [3.8, 4) is 0 Å². The molecule has 72 valence electrons. The van der Waals surface area contributed by atoms with E-state index in [9.17, 15) is 4.39 Å². The van der Waals surface area contributed by atoms with Crippen molar-refractivity contribution in [3.05, 3.63) is 57.8 Å². The summed E-state index contributed by atoms with van der Waals surface area (Å²) < 4.78 is 14.0. The number of thiophene rings is 1. The molecule has 1 aromatic carbocycles. The Labute approximate surface area is 87.0 Å². The normalized spacial score (nSPS) is 12.7. The molecule has 1 unspecified atom stereocenters. The van der Waals surface area contributed by atoms with Crippen molar-refractivity contribution < 1.29 is 4.39 Å². The van der Waals surface area contributed by atoms with Gasteiger partial charge in [0, 0.05) is 4.88 Å². The predicted octanol–water partition coefficient (Wildman–Crippen LogP) is 4.12. The van der Waals surface area contributed by atoms with Gasteiger partial charge in [-0.1, -0.05) is 30.3 Å². The molecule has 1 heterocycles. The molecule has 0 saturated carbocycles. The number of rotatable bonds is 2. The molecule has 0 nitrogen and oxygen atoms in total. The van der Waals surface area contributed by atoms with E-state index in [1.165, 1.54) is 11.3 Å². The minimum absolute atomic E-state index is 0.773. The van der Waals surface area contributed by atoms with Crippen LogP contribution in [0.1, 0.15) is 22.2 Å².